The summed E-state index contributed by atoms with van der Waals surface area (Å²) in [5, 5.41) is 0. The van der Waals surface area contributed by atoms with E-state index in [4.69, 9.17) is 4.74 Å². The van der Waals surface area contributed by atoms with Crippen molar-refractivity contribution in [2.24, 2.45) is 13.0 Å². The van der Waals surface area contributed by atoms with Crippen molar-refractivity contribution < 1.29 is 9.53 Å². The number of hydrogen-bond donors (Lipinski definition) is 0. The molecule has 1 unspecified atom stereocenters. The molecule has 0 radical (unpaired) electrons. The van der Waals surface area contributed by atoms with Crippen LogP contribution >= 0.6 is 0 Å². The zero-order chi connectivity index (χ0) is 22.8. The fourth-order valence-corrected chi connectivity index (χ4v) is 3.53. The molecule has 0 bridgehead atoms. The molecule has 0 N–H and O–H groups in total. The van der Waals surface area contributed by atoms with Crippen molar-refractivity contribution in [2.45, 2.75) is 26.6 Å². The molecule has 4 rings (SSSR count). The number of nitrogens with zero attached hydrogens (tertiary/aromatic N) is 5. The summed E-state index contributed by atoms with van der Waals surface area (Å²) >= 11 is 0. The Morgan fingerprint density at radius 3 is 2.41 bits per heavy atom. The van der Waals surface area contributed by atoms with Gasteiger partial charge in [-0.1, -0.05) is 50.2 Å². The summed E-state index contributed by atoms with van der Waals surface area (Å²) in [7, 11) is 1.43. The molecule has 0 spiro atoms. The van der Waals surface area contributed by atoms with E-state index in [-0.39, 0.29) is 22.8 Å². The maximum Gasteiger partial charge on any atom is 0.359 e. The van der Waals surface area contributed by atoms with Crippen LogP contribution in [0.5, 0.6) is 0 Å². The van der Waals surface area contributed by atoms with Crippen LogP contribution in [0.1, 0.15) is 36.1 Å². The lowest BCUT2D eigenvalue weighted by Crippen LogP contribution is -2.39. The Morgan fingerprint density at radius 2 is 1.75 bits per heavy atom. The Hall–Kier alpha value is -4.01. The van der Waals surface area contributed by atoms with E-state index in [0.29, 0.717) is 12.1 Å². The van der Waals surface area contributed by atoms with Crippen LogP contribution in [0, 0.1) is 5.92 Å². The third-order valence-electron chi connectivity index (χ3n) is 5.03. The smallest absolute Gasteiger partial charge is 0.359 e. The molecule has 0 aliphatic carbocycles. The van der Waals surface area contributed by atoms with Crippen LogP contribution in [0.4, 0.5) is 0 Å². The number of esters is 1. The summed E-state index contributed by atoms with van der Waals surface area (Å²) < 4.78 is 9.82. The van der Waals surface area contributed by atoms with Gasteiger partial charge in [-0.2, -0.15) is 0 Å². The third-order valence-corrected chi connectivity index (χ3v) is 5.03. The fraction of sp³-hybridized carbons (Fsp3) is 0.261. The number of fused-ring (bicyclic) bond motifs is 1. The molecule has 1 atom stereocenters. The largest absolute Gasteiger partial charge is 0.432 e. The lowest BCUT2D eigenvalue weighted by Gasteiger charge is -2.20. The van der Waals surface area contributed by atoms with Gasteiger partial charge < -0.3 is 4.74 Å². The van der Waals surface area contributed by atoms with Gasteiger partial charge in [0.1, 0.15) is 12.0 Å². The zero-order valence-corrected chi connectivity index (χ0v) is 18.0. The SMILES string of the molecule is CC(C)Cn1c(=O)n(C)c(=O)c2c1ncn2C(OC(=O)c1ccccn1)c1ccccc1. The van der Waals surface area contributed by atoms with Crippen LogP contribution in [0.3, 0.4) is 0 Å². The van der Waals surface area contributed by atoms with Crippen molar-refractivity contribution in [3.8, 4) is 0 Å². The molecular weight excluding hydrogens is 410 g/mol. The standard InChI is InChI=1S/C23H23N5O4/c1-15(2)13-27-19-18(20(29)26(3)23(27)31)28(14-25-19)21(16-9-5-4-6-10-16)32-22(30)17-11-7-8-12-24-17/h4-12,14-15,21H,13H2,1-3H3. The number of benzene rings is 1. The number of pyridine rings is 1. The second-order valence-corrected chi connectivity index (χ2v) is 7.86. The average Bonchev–Trinajstić information content (AvgIpc) is 3.24. The highest BCUT2D eigenvalue weighted by Gasteiger charge is 2.26. The molecule has 9 nitrogen and oxygen atoms in total. The van der Waals surface area contributed by atoms with Crippen LogP contribution in [-0.4, -0.2) is 29.6 Å². The zero-order valence-electron chi connectivity index (χ0n) is 18.0. The molecule has 0 saturated carbocycles. The van der Waals surface area contributed by atoms with Crippen molar-refractivity contribution in [2.75, 3.05) is 0 Å². The molecule has 0 fully saturated rings. The molecule has 4 aromatic rings. The number of rotatable bonds is 6. The van der Waals surface area contributed by atoms with Gasteiger partial charge in [0.15, 0.2) is 11.2 Å². The Kier molecular flexibility index (Phi) is 5.72. The first-order valence-electron chi connectivity index (χ1n) is 10.2. The highest BCUT2D eigenvalue weighted by atomic mass is 16.6. The number of aromatic nitrogens is 5. The minimum atomic E-state index is -0.978. The number of ether oxygens (including phenoxy) is 1. The van der Waals surface area contributed by atoms with Crippen molar-refractivity contribution in [3.05, 3.63) is 93.2 Å². The Balaban J connectivity index is 1.91. The normalized spacial score (nSPS) is 12.2. The molecule has 0 aliphatic heterocycles. The van der Waals surface area contributed by atoms with E-state index in [0.717, 1.165) is 4.57 Å². The predicted molar refractivity (Wildman–Crippen MR) is 118 cm³/mol. The van der Waals surface area contributed by atoms with E-state index in [1.807, 2.05) is 32.0 Å². The highest BCUT2D eigenvalue weighted by Crippen LogP contribution is 2.24. The molecule has 0 saturated heterocycles. The van der Waals surface area contributed by atoms with Gasteiger partial charge in [-0.05, 0) is 18.1 Å². The van der Waals surface area contributed by atoms with Crippen LogP contribution in [0.25, 0.3) is 11.2 Å². The predicted octanol–water partition coefficient (Wildman–Crippen LogP) is 2.35. The molecule has 3 aromatic heterocycles. The third kappa shape index (κ3) is 3.84. The molecule has 3 heterocycles. The lowest BCUT2D eigenvalue weighted by molar-refractivity contribution is 0.0225. The van der Waals surface area contributed by atoms with Gasteiger partial charge in [0.05, 0.1) is 0 Å². The maximum atomic E-state index is 13.1. The first-order chi connectivity index (χ1) is 15.4. The van der Waals surface area contributed by atoms with Crippen LogP contribution in [0.15, 0.2) is 70.6 Å². The van der Waals surface area contributed by atoms with Crippen LogP contribution in [-0.2, 0) is 18.3 Å². The van der Waals surface area contributed by atoms with Gasteiger partial charge in [0.25, 0.3) is 5.56 Å². The molecule has 9 heteroatoms. The molecule has 32 heavy (non-hydrogen) atoms. The summed E-state index contributed by atoms with van der Waals surface area (Å²) in [5.41, 5.74) is 0.250. The van der Waals surface area contributed by atoms with E-state index in [1.54, 1.807) is 30.3 Å². The van der Waals surface area contributed by atoms with Gasteiger partial charge >= 0.3 is 11.7 Å². The first kappa shape index (κ1) is 21.2. The summed E-state index contributed by atoms with van der Waals surface area (Å²) in [6.45, 7) is 4.34. The second kappa shape index (κ2) is 8.62. The van der Waals surface area contributed by atoms with Gasteiger partial charge in [-0.25, -0.2) is 19.6 Å². The van der Waals surface area contributed by atoms with E-state index >= 15 is 0 Å². The Morgan fingerprint density at radius 1 is 1.03 bits per heavy atom. The molecule has 0 aliphatic rings. The van der Waals surface area contributed by atoms with E-state index < -0.39 is 23.4 Å². The van der Waals surface area contributed by atoms with E-state index in [1.165, 1.54) is 28.7 Å². The summed E-state index contributed by atoms with van der Waals surface area (Å²) in [5.74, 6) is -0.487. The van der Waals surface area contributed by atoms with Gasteiger partial charge in [-0.3, -0.25) is 18.5 Å². The molecular formula is C23H23N5O4. The monoisotopic (exact) mass is 433 g/mol. The summed E-state index contributed by atoms with van der Waals surface area (Å²) in [4.78, 5) is 47.1. The number of hydrogen-bond acceptors (Lipinski definition) is 6. The average molecular weight is 433 g/mol. The van der Waals surface area contributed by atoms with Crippen molar-refractivity contribution in [3.63, 3.8) is 0 Å². The molecule has 0 amide bonds. The highest BCUT2D eigenvalue weighted by molar-refractivity contribution is 5.87. The lowest BCUT2D eigenvalue weighted by atomic mass is 10.2. The van der Waals surface area contributed by atoms with Crippen molar-refractivity contribution in [1.82, 2.24) is 23.7 Å². The van der Waals surface area contributed by atoms with Crippen LogP contribution in [0.2, 0.25) is 0 Å². The van der Waals surface area contributed by atoms with Gasteiger partial charge in [-0.15, -0.1) is 0 Å². The van der Waals surface area contributed by atoms with E-state index in [9.17, 15) is 14.4 Å². The Labute approximate surface area is 183 Å². The van der Waals surface area contributed by atoms with Gasteiger partial charge in [0.2, 0.25) is 6.23 Å². The van der Waals surface area contributed by atoms with Crippen molar-refractivity contribution >= 4 is 17.1 Å². The van der Waals surface area contributed by atoms with Crippen LogP contribution < -0.4 is 11.2 Å². The fourth-order valence-electron chi connectivity index (χ4n) is 3.53. The summed E-state index contributed by atoms with van der Waals surface area (Å²) in [6, 6.07) is 14.0. The maximum absolute atomic E-state index is 13.1. The van der Waals surface area contributed by atoms with Gasteiger partial charge in [0, 0.05) is 25.4 Å². The second-order valence-electron chi connectivity index (χ2n) is 7.86. The minimum Gasteiger partial charge on any atom is -0.432 e. The summed E-state index contributed by atoms with van der Waals surface area (Å²) in [6.07, 6.45) is 1.95. The molecule has 164 valence electrons. The molecule has 1 aromatic carbocycles. The quantitative estimate of drug-likeness (QED) is 0.433. The topological polar surface area (TPSA) is 101 Å². The number of carbonyl (C=O) groups is 1. The number of imidazole rings is 1. The van der Waals surface area contributed by atoms with E-state index in [2.05, 4.69) is 9.97 Å². The van der Waals surface area contributed by atoms with Crippen molar-refractivity contribution in [1.29, 1.82) is 0 Å². The number of carbonyl (C=O) groups excluding carboxylic acids is 1. The Bertz CT molecular complexity index is 1370. The minimum absolute atomic E-state index is 0.141. The first-order valence-corrected chi connectivity index (χ1v) is 10.2.